The van der Waals surface area contributed by atoms with Crippen molar-refractivity contribution in [2.24, 2.45) is 11.8 Å². The number of sulfonamides is 1. The molecule has 1 fully saturated rings. The number of aromatic amines is 1. The standard InChI is InChI=1S/C11H18N2O3S/c1-8(9-2-3-9)5-13-17(15,16)11-4-10(7-14)12-6-11/h4,6,8-9,12-14H,2-3,5,7H2,1H3. The fraction of sp³-hybridized carbons (Fsp3) is 0.636. The Balaban J connectivity index is 1.97. The molecule has 0 bridgehead atoms. The van der Waals surface area contributed by atoms with Gasteiger partial charge in [0.1, 0.15) is 0 Å². The van der Waals surface area contributed by atoms with Gasteiger partial charge in [0.05, 0.1) is 11.5 Å². The minimum Gasteiger partial charge on any atom is -0.390 e. The van der Waals surface area contributed by atoms with E-state index in [1.807, 2.05) is 0 Å². The Morgan fingerprint density at radius 2 is 2.29 bits per heavy atom. The number of aromatic nitrogens is 1. The molecular formula is C11H18N2O3S. The predicted molar refractivity (Wildman–Crippen MR) is 63.8 cm³/mol. The maximum absolute atomic E-state index is 11.9. The fourth-order valence-electron chi connectivity index (χ4n) is 1.82. The normalized spacial score (nSPS) is 18.2. The van der Waals surface area contributed by atoms with E-state index in [0.29, 0.717) is 24.1 Å². The molecule has 2 rings (SSSR count). The molecule has 0 aliphatic heterocycles. The first-order valence-electron chi connectivity index (χ1n) is 5.81. The summed E-state index contributed by atoms with van der Waals surface area (Å²) in [6.07, 6.45) is 3.82. The Labute approximate surface area is 101 Å². The summed E-state index contributed by atoms with van der Waals surface area (Å²) in [5, 5.41) is 8.87. The molecule has 1 aliphatic carbocycles. The van der Waals surface area contributed by atoms with Crippen LogP contribution in [0.3, 0.4) is 0 Å². The highest BCUT2D eigenvalue weighted by atomic mass is 32.2. The van der Waals surface area contributed by atoms with Crippen LogP contribution in [-0.2, 0) is 16.6 Å². The highest BCUT2D eigenvalue weighted by molar-refractivity contribution is 7.89. The van der Waals surface area contributed by atoms with Crippen molar-refractivity contribution in [1.29, 1.82) is 0 Å². The molecule has 1 heterocycles. The minimum absolute atomic E-state index is 0.185. The fourth-order valence-corrected chi connectivity index (χ4v) is 2.98. The molecule has 1 atom stereocenters. The van der Waals surface area contributed by atoms with Crippen LogP contribution >= 0.6 is 0 Å². The molecule has 1 aromatic heterocycles. The second-order valence-electron chi connectivity index (χ2n) is 4.69. The van der Waals surface area contributed by atoms with E-state index in [0.717, 1.165) is 0 Å². The smallest absolute Gasteiger partial charge is 0.242 e. The van der Waals surface area contributed by atoms with Crippen molar-refractivity contribution in [3.63, 3.8) is 0 Å². The van der Waals surface area contributed by atoms with E-state index in [9.17, 15) is 8.42 Å². The Hall–Kier alpha value is -0.850. The lowest BCUT2D eigenvalue weighted by molar-refractivity contribution is 0.277. The summed E-state index contributed by atoms with van der Waals surface area (Å²) in [6, 6.07) is 1.45. The van der Waals surface area contributed by atoms with Gasteiger partial charge in [0.15, 0.2) is 0 Å². The van der Waals surface area contributed by atoms with Crippen molar-refractivity contribution < 1.29 is 13.5 Å². The molecule has 3 N–H and O–H groups in total. The summed E-state index contributed by atoms with van der Waals surface area (Å²) in [5.74, 6) is 1.07. The molecule has 1 unspecified atom stereocenters. The molecule has 5 nitrogen and oxygen atoms in total. The highest BCUT2D eigenvalue weighted by Gasteiger charge is 2.28. The average Bonchev–Trinajstić information content (AvgIpc) is 3.03. The Morgan fingerprint density at radius 3 is 2.82 bits per heavy atom. The van der Waals surface area contributed by atoms with Gasteiger partial charge in [-0.25, -0.2) is 13.1 Å². The number of nitrogens with one attached hydrogen (secondary N) is 2. The first kappa shape index (κ1) is 12.6. The molecule has 0 spiro atoms. The molecule has 1 aliphatic rings. The van der Waals surface area contributed by atoms with E-state index in [4.69, 9.17) is 5.11 Å². The first-order valence-corrected chi connectivity index (χ1v) is 7.29. The van der Waals surface area contributed by atoms with Crippen LogP contribution in [0, 0.1) is 11.8 Å². The van der Waals surface area contributed by atoms with Crippen LogP contribution in [0.1, 0.15) is 25.5 Å². The Morgan fingerprint density at radius 1 is 1.59 bits per heavy atom. The van der Waals surface area contributed by atoms with E-state index < -0.39 is 10.0 Å². The molecule has 17 heavy (non-hydrogen) atoms. The summed E-state index contributed by atoms with van der Waals surface area (Å²) in [6.45, 7) is 2.36. The summed E-state index contributed by atoms with van der Waals surface area (Å²) in [7, 11) is -3.44. The topological polar surface area (TPSA) is 82.2 Å². The zero-order chi connectivity index (χ0) is 12.5. The van der Waals surface area contributed by atoms with Crippen molar-refractivity contribution in [2.75, 3.05) is 6.54 Å². The van der Waals surface area contributed by atoms with Gasteiger partial charge in [-0.2, -0.15) is 0 Å². The number of hydrogen-bond donors (Lipinski definition) is 3. The molecule has 0 amide bonds. The molecule has 0 saturated heterocycles. The monoisotopic (exact) mass is 258 g/mol. The second kappa shape index (κ2) is 4.80. The van der Waals surface area contributed by atoms with Crippen LogP contribution in [0.4, 0.5) is 0 Å². The Kier molecular flexibility index (Phi) is 3.56. The first-order chi connectivity index (χ1) is 8.03. The summed E-state index contributed by atoms with van der Waals surface area (Å²) in [5.41, 5.74) is 0.501. The molecule has 1 saturated carbocycles. The van der Waals surface area contributed by atoms with Gasteiger partial charge < -0.3 is 10.1 Å². The van der Waals surface area contributed by atoms with Crippen molar-refractivity contribution in [2.45, 2.75) is 31.3 Å². The van der Waals surface area contributed by atoms with Crippen molar-refractivity contribution >= 4 is 10.0 Å². The molecule has 96 valence electrons. The van der Waals surface area contributed by atoms with Crippen molar-refractivity contribution in [3.05, 3.63) is 18.0 Å². The maximum atomic E-state index is 11.9. The lowest BCUT2D eigenvalue weighted by atomic mass is 10.1. The van der Waals surface area contributed by atoms with Gasteiger partial charge in [-0.05, 0) is 30.7 Å². The van der Waals surface area contributed by atoms with E-state index in [1.165, 1.54) is 25.1 Å². The van der Waals surface area contributed by atoms with Crippen molar-refractivity contribution in [3.8, 4) is 0 Å². The maximum Gasteiger partial charge on any atom is 0.242 e. The third-order valence-electron chi connectivity index (χ3n) is 3.22. The van der Waals surface area contributed by atoms with Crippen LogP contribution in [0.25, 0.3) is 0 Å². The molecule has 6 heteroatoms. The van der Waals surface area contributed by atoms with Crippen LogP contribution < -0.4 is 4.72 Å². The molecule has 0 aromatic carbocycles. The van der Waals surface area contributed by atoms with Gasteiger partial charge >= 0.3 is 0 Å². The number of H-pyrrole nitrogens is 1. The van der Waals surface area contributed by atoms with Crippen LogP contribution in [0.15, 0.2) is 17.2 Å². The number of hydrogen-bond acceptors (Lipinski definition) is 3. The van der Waals surface area contributed by atoms with E-state index in [-0.39, 0.29) is 11.5 Å². The number of rotatable bonds is 6. The van der Waals surface area contributed by atoms with Gasteiger partial charge in [-0.1, -0.05) is 6.92 Å². The zero-order valence-corrected chi connectivity index (χ0v) is 10.6. The Bertz CT molecular complexity index is 477. The minimum atomic E-state index is -3.44. The van der Waals surface area contributed by atoms with Gasteiger partial charge in [-0.3, -0.25) is 0 Å². The molecular weight excluding hydrogens is 240 g/mol. The average molecular weight is 258 g/mol. The SMILES string of the molecule is CC(CNS(=O)(=O)c1c[nH]c(CO)c1)C1CC1. The van der Waals surface area contributed by atoms with Crippen molar-refractivity contribution in [1.82, 2.24) is 9.71 Å². The largest absolute Gasteiger partial charge is 0.390 e. The molecule has 1 aromatic rings. The molecule has 0 radical (unpaired) electrons. The number of aliphatic hydroxyl groups is 1. The zero-order valence-electron chi connectivity index (χ0n) is 9.81. The summed E-state index contributed by atoms with van der Waals surface area (Å²) >= 11 is 0. The number of aliphatic hydroxyl groups excluding tert-OH is 1. The van der Waals surface area contributed by atoms with E-state index in [1.54, 1.807) is 0 Å². The lowest BCUT2D eigenvalue weighted by Crippen LogP contribution is -2.28. The quantitative estimate of drug-likeness (QED) is 0.707. The second-order valence-corrected chi connectivity index (χ2v) is 6.45. The van der Waals surface area contributed by atoms with Crippen LogP contribution in [0.2, 0.25) is 0 Å². The third kappa shape index (κ3) is 3.08. The van der Waals surface area contributed by atoms with E-state index in [2.05, 4.69) is 16.6 Å². The summed E-state index contributed by atoms with van der Waals surface area (Å²) in [4.78, 5) is 2.90. The van der Waals surface area contributed by atoms with Gasteiger partial charge in [-0.15, -0.1) is 0 Å². The third-order valence-corrected chi connectivity index (χ3v) is 4.62. The van der Waals surface area contributed by atoms with E-state index >= 15 is 0 Å². The lowest BCUT2D eigenvalue weighted by Gasteiger charge is -2.10. The highest BCUT2D eigenvalue weighted by Crippen LogP contribution is 2.36. The van der Waals surface area contributed by atoms with Gasteiger partial charge in [0.2, 0.25) is 10.0 Å². The van der Waals surface area contributed by atoms with Crippen LogP contribution in [-0.4, -0.2) is 25.1 Å². The van der Waals surface area contributed by atoms with Gasteiger partial charge in [0, 0.05) is 18.4 Å². The predicted octanol–water partition coefficient (Wildman–Crippen LogP) is 0.831. The van der Waals surface area contributed by atoms with Crippen LogP contribution in [0.5, 0.6) is 0 Å². The summed E-state index contributed by atoms with van der Waals surface area (Å²) < 4.78 is 26.4. The van der Waals surface area contributed by atoms with Gasteiger partial charge in [0.25, 0.3) is 0 Å².